The summed E-state index contributed by atoms with van der Waals surface area (Å²) in [5, 5.41) is 3.67. The highest BCUT2D eigenvalue weighted by molar-refractivity contribution is 4.79. The van der Waals surface area contributed by atoms with Crippen LogP contribution < -0.4 is 5.32 Å². The summed E-state index contributed by atoms with van der Waals surface area (Å²) in [7, 11) is 4.32. The molecule has 0 aromatic carbocycles. The average molecular weight is 228 g/mol. The Bertz CT molecular complexity index is 180. The fourth-order valence-corrected chi connectivity index (χ4v) is 2.43. The van der Waals surface area contributed by atoms with Gasteiger partial charge in [-0.2, -0.15) is 0 Å². The number of hydrogen-bond acceptors (Lipinski definition) is 3. The first kappa shape index (κ1) is 13.9. The standard InChI is InChI=1S/C13H28N2O/c1-10(2)13(15(4)5)8-14-11(3)12-6-7-16-9-12/h10-14H,6-9H2,1-5H3. The van der Waals surface area contributed by atoms with Crippen LogP contribution in [0.25, 0.3) is 0 Å². The van der Waals surface area contributed by atoms with Gasteiger partial charge in [-0.25, -0.2) is 0 Å². The van der Waals surface area contributed by atoms with Gasteiger partial charge in [0, 0.05) is 25.2 Å². The number of nitrogens with zero attached hydrogens (tertiary/aromatic N) is 1. The van der Waals surface area contributed by atoms with E-state index in [1.54, 1.807) is 0 Å². The Morgan fingerprint density at radius 3 is 2.44 bits per heavy atom. The predicted molar refractivity (Wildman–Crippen MR) is 68.7 cm³/mol. The SMILES string of the molecule is CC(C)C(CNC(C)C1CCOC1)N(C)C. The molecule has 3 atom stereocenters. The molecule has 1 fully saturated rings. The number of ether oxygens (including phenoxy) is 1. The first-order chi connectivity index (χ1) is 7.52. The van der Waals surface area contributed by atoms with Crippen LogP contribution in [0.5, 0.6) is 0 Å². The number of likely N-dealkylation sites (N-methyl/N-ethyl adjacent to an activating group) is 1. The molecule has 96 valence electrons. The van der Waals surface area contributed by atoms with Crippen molar-refractivity contribution in [3.05, 3.63) is 0 Å². The van der Waals surface area contributed by atoms with Crippen molar-refractivity contribution >= 4 is 0 Å². The zero-order valence-electron chi connectivity index (χ0n) is 11.5. The third-order valence-electron chi connectivity index (χ3n) is 3.75. The van der Waals surface area contributed by atoms with E-state index in [-0.39, 0.29) is 0 Å². The molecule has 16 heavy (non-hydrogen) atoms. The van der Waals surface area contributed by atoms with Gasteiger partial charge < -0.3 is 15.0 Å². The molecule has 0 radical (unpaired) electrons. The second-order valence-electron chi connectivity index (χ2n) is 5.60. The molecule has 0 aromatic heterocycles. The zero-order valence-corrected chi connectivity index (χ0v) is 11.5. The lowest BCUT2D eigenvalue weighted by Crippen LogP contribution is -2.46. The lowest BCUT2D eigenvalue weighted by Gasteiger charge is -2.30. The molecule has 3 unspecified atom stereocenters. The van der Waals surface area contributed by atoms with E-state index in [9.17, 15) is 0 Å². The van der Waals surface area contributed by atoms with Crippen LogP contribution in [0.15, 0.2) is 0 Å². The normalized spacial score (nSPS) is 25.3. The zero-order chi connectivity index (χ0) is 12.1. The molecule has 0 aliphatic carbocycles. The van der Waals surface area contributed by atoms with Gasteiger partial charge in [0.05, 0.1) is 6.61 Å². The van der Waals surface area contributed by atoms with E-state index < -0.39 is 0 Å². The lowest BCUT2D eigenvalue weighted by molar-refractivity contribution is 0.172. The van der Waals surface area contributed by atoms with E-state index in [2.05, 4.69) is 45.1 Å². The number of hydrogen-bond donors (Lipinski definition) is 1. The fourth-order valence-electron chi connectivity index (χ4n) is 2.43. The van der Waals surface area contributed by atoms with Crippen LogP contribution in [-0.2, 0) is 4.74 Å². The molecule has 1 saturated heterocycles. The quantitative estimate of drug-likeness (QED) is 0.747. The van der Waals surface area contributed by atoms with Gasteiger partial charge in [-0.05, 0) is 39.3 Å². The smallest absolute Gasteiger partial charge is 0.0509 e. The van der Waals surface area contributed by atoms with Crippen LogP contribution in [-0.4, -0.2) is 50.8 Å². The van der Waals surface area contributed by atoms with Crippen molar-refractivity contribution in [2.75, 3.05) is 33.9 Å². The Hall–Kier alpha value is -0.120. The Kier molecular flexibility index (Phi) is 5.73. The minimum absolute atomic E-state index is 0.573. The Labute approximate surface area is 101 Å². The van der Waals surface area contributed by atoms with Crippen LogP contribution in [0, 0.1) is 11.8 Å². The molecule has 1 N–H and O–H groups in total. The summed E-state index contributed by atoms with van der Waals surface area (Å²) in [5.41, 5.74) is 0. The molecule has 3 nitrogen and oxygen atoms in total. The molecule has 1 aliphatic rings. The molecule has 1 rings (SSSR count). The summed E-state index contributed by atoms with van der Waals surface area (Å²) in [4.78, 5) is 2.32. The Morgan fingerprint density at radius 1 is 1.31 bits per heavy atom. The van der Waals surface area contributed by atoms with Crippen LogP contribution in [0.4, 0.5) is 0 Å². The molecular weight excluding hydrogens is 200 g/mol. The largest absolute Gasteiger partial charge is 0.381 e. The molecule has 0 aromatic rings. The van der Waals surface area contributed by atoms with E-state index in [1.807, 2.05) is 0 Å². The summed E-state index contributed by atoms with van der Waals surface area (Å²) >= 11 is 0. The maximum Gasteiger partial charge on any atom is 0.0509 e. The predicted octanol–water partition coefficient (Wildman–Crippen LogP) is 1.59. The van der Waals surface area contributed by atoms with E-state index in [1.165, 1.54) is 6.42 Å². The van der Waals surface area contributed by atoms with Crippen LogP contribution in [0.3, 0.4) is 0 Å². The highest BCUT2D eigenvalue weighted by atomic mass is 16.5. The first-order valence-electron chi connectivity index (χ1n) is 6.50. The molecule has 1 aliphatic heterocycles. The third kappa shape index (κ3) is 4.04. The van der Waals surface area contributed by atoms with Crippen LogP contribution in [0.2, 0.25) is 0 Å². The van der Waals surface area contributed by atoms with Crippen molar-refractivity contribution in [1.82, 2.24) is 10.2 Å². The molecule has 0 saturated carbocycles. The Morgan fingerprint density at radius 2 is 2.00 bits per heavy atom. The molecular formula is C13H28N2O. The summed E-state index contributed by atoms with van der Waals surface area (Å²) in [6.07, 6.45) is 1.21. The van der Waals surface area contributed by atoms with Crippen molar-refractivity contribution < 1.29 is 4.74 Å². The van der Waals surface area contributed by atoms with Gasteiger partial charge in [0.2, 0.25) is 0 Å². The first-order valence-corrected chi connectivity index (χ1v) is 6.50. The number of rotatable bonds is 6. The summed E-state index contributed by atoms with van der Waals surface area (Å²) in [6, 6.07) is 1.19. The van der Waals surface area contributed by atoms with Gasteiger partial charge >= 0.3 is 0 Å². The van der Waals surface area contributed by atoms with E-state index >= 15 is 0 Å². The minimum atomic E-state index is 0.573. The van der Waals surface area contributed by atoms with Gasteiger partial charge in [-0.1, -0.05) is 13.8 Å². The minimum Gasteiger partial charge on any atom is -0.381 e. The van der Waals surface area contributed by atoms with Crippen molar-refractivity contribution in [3.8, 4) is 0 Å². The van der Waals surface area contributed by atoms with Crippen molar-refractivity contribution in [1.29, 1.82) is 0 Å². The van der Waals surface area contributed by atoms with Gasteiger partial charge in [0.15, 0.2) is 0 Å². The number of nitrogens with one attached hydrogen (secondary N) is 1. The Balaban J connectivity index is 2.30. The van der Waals surface area contributed by atoms with E-state index in [0.29, 0.717) is 23.9 Å². The van der Waals surface area contributed by atoms with Crippen molar-refractivity contribution in [2.45, 2.75) is 39.3 Å². The molecule has 0 spiro atoms. The molecule has 0 bridgehead atoms. The molecule has 1 heterocycles. The van der Waals surface area contributed by atoms with Crippen LogP contribution >= 0.6 is 0 Å². The average Bonchev–Trinajstić information content (AvgIpc) is 2.69. The third-order valence-corrected chi connectivity index (χ3v) is 3.75. The van der Waals surface area contributed by atoms with Gasteiger partial charge in [0.25, 0.3) is 0 Å². The maximum absolute atomic E-state index is 5.43. The van der Waals surface area contributed by atoms with Crippen LogP contribution in [0.1, 0.15) is 27.2 Å². The summed E-state index contributed by atoms with van der Waals surface area (Å²) < 4.78 is 5.43. The molecule has 0 amide bonds. The van der Waals surface area contributed by atoms with Gasteiger partial charge in [0.1, 0.15) is 0 Å². The van der Waals surface area contributed by atoms with E-state index in [0.717, 1.165) is 19.8 Å². The van der Waals surface area contributed by atoms with Crippen molar-refractivity contribution in [2.24, 2.45) is 11.8 Å². The van der Waals surface area contributed by atoms with Gasteiger partial charge in [-0.3, -0.25) is 0 Å². The summed E-state index contributed by atoms with van der Waals surface area (Å²) in [6.45, 7) is 9.81. The summed E-state index contributed by atoms with van der Waals surface area (Å²) in [5.74, 6) is 1.39. The van der Waals surface area contributed by atoms with E-state index in [4.69, 9.17) is 4.74 Å². The lowest BCUT2D eigenvalue weighted by atomic mass is 9.98. The maximum atomic E-state index is 5.43. The highest BCUT2D eigenvalue weighted by Crippen LogP contribution is 2.16. The second-order valence-corrected chi connectivity index (χ2v) is 5.60. The molecule has 3 heteroatoms. The second kappa shape index (κ2) is 6.58. The monoisotopic (exact) mass is 228 g/mol. The van der Waals surface area contributed by atoms with Gasteiger partial charge in [-0.15, -0.1) is 0 Å². The topological polar surface area (TPSA) is 24.5 Å². The van der Waals surface area contributed by atoms with Crippen molar-refractivity contribution in [3.63, 3.8) is 0 Å². The fraction of sp³-hybridized carbons (Fsp3) is 1.00. The highest BCUT2D eigenvalue weighted by Gasteiger charge is 2.23.